The normalized spacial score (nSPS) is 11.2. The van der Waals surface area contributed by atoms with Crippen LogP contribution in [0.25, 0.3) is 0 Å². The van der Waals surface area contributed by atoms with Crippen molar-refractivity contribution in [3.8, 4) is 5.75 Å². The Hall–Kier alpha value is -3.22. The summed E-state index contributed by atoms with van der Waals surface area (Å²) in [6.07, 6.45) is 3.33. The van der Waals surface area contributed by atoms with Crippen LogP contribution in [0.2, 0.25) is 0 Å². The first-order valence-electron chi connectivity index (χ1n) is 7.54. The molecule has 5 nitrogen and oxygen atoms in total. The monoisotopic (exact) mass is 342 g/mol. The van der Waals surface area contributed by atoms with Gasteiger partial charge in [0.2, 0.25) is 5.95 Å². The molecule has 0 spiro atoms. The SMILES string of the molecule is Cc1cn(N=Cc2cccc(OCc3ccc(F)cc3F)c2)c(N)n1. The van der Waals surface area contributed by atoms with Crippen molar-refractivity contribution in [3.05, 3.63) is 77.1 Å². The van der Waals surface area contributed by atoms with E-state index in [9.17, 15) is 8.78 Å². The van der Waals surface area contributed by atoms with Crippen molar-refractivity contribution in [2.24, 2.45) is 5.10 Å². The number of aromatic nitrogens is 2. The molecule has 0 amide bonds. The summed E-state index contributed by atoms with van der Waals surface area (Å²) in [5.41, 5.74) is 7.56. The van der Waals surface area contributed by atoms with Gasteiger partial charge in [-0.05, 0) is 36.8 Å². The summed E-state index contributed by atoms with van der Waals surface area (Å²) in [6.45, 7) is 1.83. The maximum atomic E-state index is 13.6. The molecule has 0 bridgehead atoms. The van der Waals surface area contributed by atoms with E-state index in [4.69, 9.17) is 10.5 Å². The Labute approximate surface area is 143 Å². The minimum atomic E-state index is -0.635. The first-order chi connectivity index (χ1) is 12.0. The van der Waals surface area contributed by atoms with Gasteiger partial charge in [0.05, 0.1) is 18.1 Å². The van der Waals surface area contributed by atoms with Crippen LogP contribution in [0.3, 0.4) is 0 Å². The van der Waals surface area contributed by atoms with E-state index in [1.165, 1.54) is 16.8 Å². The second-order valence-corrected chi connectivity index (χ2v) is 5.43. The lowest BCUT2D eigenvalue weighted by molar-refractivity contribution is 0.299. The van der Waals surface area contributed by atoms with Crippen molar-refractivity contribution >= 4 is 12.2 Å². The number of imidazole rings is 1. The van der Waals surface area contributed by atoms with Gasteiger partial charge in [0, 0.05) is 11.6 Å². The number of aryl methyl sites for hydroxylation is 1. The van der Waals surface area contributed by atoms with Crippen LogP contribution in [-0.4, -0.2) is 15.9 Å². The maximum Gasteiger partial charge on any atom is 0.221 e. The number of halogens is 2. The van der Waals surface area contributed by atoms with Crippen molar-refractivity contribution in [3.63, 3.8) is 0 Å². The van der Waals surface area contributed by atoms with Gasteiger partial charge in [0.1, 0.15) is 24.0 Å². The Morgan fingerprint density at radius 1 is 1.24 bits per heavy atom. The quantitative estimate of drug-likeness (QED) is 0.722. The van der Waals surface area contributed by atoms with E-state index in [2.05, 4.69) is 10.1 Å². The van der Waals surface area contributed by atoms with Crippen molar-refractivity contribution in [1.82, 2.24) is 9.66 Å². The average Bonchev–Trinajstić information content (AvgIpc) is 2.90. The molecule has 0 radical (unpaired) electrons. The molecule has 0 aliphatic heterocycles. The number of nitrogen functional groups attached to an aromatic ring is 1. The minimum absolute atomic E-state index is 0.000370. The van der Waals surface area contributed by atoms with Gasteiger partial charge in [0.15, 0.2) is 0 Å². The predicted octanol–water partition coefficient (Wildman–Crippen LogP) is 3.51. The Kier molecular flexibility index (Phi) is 4.74. The second-order valence-electron chi connectivity index (χ2n) is 5.43. The molecule has 0 saturated heterocycles. The van der Waals surface area contributed by atoms with Crippen LogP contribution in [0.5, 0.6) is 5.75 Å². The van der Waals surface area contributed by atoms with E-state index in [1.807, 2.05) is 13.0 Å². The van der Waals surface area contributed by atoms with Gasteiger partial charge in [-0.3, -0.25) is 0 Å². The number of rotatable bonds is 5. The largest absolute Gasteiger partial charge is 0.489 e. The fourth-order valence-electron chi connectivity index (χ4n) is 2.21. The molecule has 2 N–H and O–H groups in total. The lowest BCUT2D eigenvalue weighted by Crippen LogP contribution is -2.00. The molecule has 3 rings (SSSR count). The number of benzene rings is 2. The third-order valence-electron chi connectivity index (χ3n) is 3.43. The molecule has 7 heteroatoms. The standard InChI is InChI=1S/C18H16F2N4O/c1-12-10-24(18(21)23-12)22-9-13-3-2-4-16(7-13)25-11-14-5-6-15(19)8-17(14)20/h2-10H,11H2,1H3,(H2,21,23). The van der Waals surface area contributed by atoms with Gasteiger partial charge >= 0.3 is 0 Å². The van der Waals surface area contributed by atoms with Gasteiger partial charge in [-0.1, -0.05) is 12.1 Å². The van der Waals surface area contributed by atoms with Gasteiger partial charge in [-0.25, -0.2) is 18.4 Å². The van der Waals surface area contributed by atoms with E-state index in [-0.39, 0.29) is 12.2 Å². The van der Waals surface area contributed by atoms with Crippen LogP contribution < -0.4 is 10.5 Å². The highest BCUT2D eigenvalue weighted by Gasteiger charge is 2.05. The summed E-state index contributed by atoms with van der Waals surface area (Å²) >= 11 is 0. The summed E-state index contributed by atoms with van der Waals surface area (Å²) in [5.74, 6) is -0.410. The van der Waals surface area contributed by atoms with Crippen LogP contribution in [0.1, 0.15) is 16.8 Å². The number of nitrogens with two attached hydrogens (primary N) is 1. The van der Waals surface area contributed by atoms with Crippen LogP contribution in [0, 0.1) is 18.6 Å². The summed E-state index contributed by atoms with van der Waals surface area (Å²) in [6, 6.07) is 10.5. The van der Waals surface area contributed by atoms with E-state index < -0.39 is 11.6 Å². The highest BCUT2D eigenvalue weighted by molar-refractivity contribution is 5.80. The molecule has 2 aromatic carbocycles. The van der Waals surface area contributed by atoms with Gasteiger partial charge in [0.25, 0.3) is 0 Å². The Bertz CT molecular complexity index is 921. The Balaban J connectivity index is 1.70. The van der Waals surface area contributed by atoms with E-state index in [1.54, 1.807) is 30.6 Å². The van der Waals surface area contributed by atoms with Gasteiger partial charge in [-0.2, -0.15) is 5.10 Å². The summed E-state index contributed by atoms with van der Waals surface area (Å²) in [7, 11) is 0. The molecule has 25 heavy (non-hydrogen) atoms. The molecule has 1 aromatic heterocycles. The van der Waals surface area contributed by atoms with Crippen molar-refractivity contribution in [2.45, 2.75) is 13.5 Å². The van der Waals surface area contributed by atoms with Gasteiger partial charge < -0.3 is 10.5 Å². The van der Waals surface area contributed by atoms with Crippen LogP contribution in [0.4, 0.5) is 14.7 Å². The van der Waals surface area contributed by atoms with E-state index in [0.717, 1.165) is 17.3 Å². The lowest BCUT2D eigenvalue weighted by Gasteiger charge is -2.08. The molecule has 0 aliphatic carbocycles. The Morgan fingerprint density at radius 3 is 2.80 bits per heavy atom. The summed E-state index contributed by atoms with van der Waals surface area (Å²) in [5, 5.41) is 4.23. The topological polar surface area (TPSA) is 65.4 Å². The molecule has 0 saturated carbocycles. The lowest BCUT2D eigenvalue weighted by atomic mass is 10.2. The average molecular weight is 342 g/mol. The molecule has 0 aliphatic rings. The number of hydrogen-bond donors (Lipinski definition) is 1. The first-order valence-corrected chi connectivity index (χ1v) is 7.54. The first kappa shape index (κ1) is 16.6. The smallest absolute Gasteiger partial charge is 0.221 e. The molecule has 0 fully saturated rings. The van der Waals surface area contributed by atoms with E-state index >= 15 is 0 Å². The highest BCUT2D eigenvalue weighted by Crippen LogP contribution is 2.16. The molecule has 1 heterocycles. The Morgan fingerprint density at radius 2 is 2.08 bits per heavy atom. The van der Waals surface area contributed by atoms with E-state index in [0.29, 0.717) is 11.7 Å². The maximum absolute atomic E-state index is 13.6. The molecule has 128 valence electrons. The number of hydrogen-bond acceptors (Lipinski definition) is 4. The van der Waals surface area contributed by atoms with Crippen LogP contribution in [-0.2, 0) is 6.61 Å². The predicted molar refractivity (Wildman–Crippen MR) is 91.5 cm³/mol. The number of ether oxygens (including phenoxy) is 1. The molecular formula is C18H16F2N4O. The van der Waals surface area contributed by atoms with Crippen molar-refractivity contribution < 1.29 is 13.5 Å². The highest BCUT2D eigenvalue weighted by atomic mass is 19.1. The van der Waals surface area contributed by atoms with Crippen LogP contribution in [0.15, 0.2) is 53.8 Å². The van der Waals surface area contributed by atoms with Crippen molar-refractivity contribution in [2.75, 3.05) is 5.73 Å². The summed E-state index contributed by atoms with van der Waals surface area (Å²) in [4.78, 5) is 4.06. The zero-order valence-corrected chi connectivity index (χ0v) is 13.5. The minimum Gasteiger partial charge on any atom is -0.489 e. The van der Waals surface area contributed by atoms with Crippen molar-refractivity contribution in [1.29, 1.82) is 0 Å². The third-order valence-corrected chi connectivity index (χ3v) is 3.43. The number of anilines is 1. The third kappa shape index (κ3) is 4.20. The molecule has 3 aromatic rings. The zero-order chi connectivity index (χ0) is 17.8. The molecule has 0 unspecified atom stereocenters. The summed E-state index contributed by atoms with van der Waals surface area (Å²) < 4.78 is 33.6. The second kappa shape index (κ2) is 7.12. The molecular weight excluding hydrogens is 326 g/mol. The number of nitrogens with zero attached hydrogens (tertiary/aromatic N) is 3. The molecule has 0 atom stereocenters. The van der Waals surface area contributed by atoms with Crippen LogP contribution >= 0.6 is 0 Å². The fourth-order valence-corrected chi connectivity index (χ4v) is 2.21. The zero-order valence-electron chi connectivity index (χ0n) is 13.5. The fraction of sp³-hybridized carbons (Fsp3) is 0.111. The van der Waals surface area contributed by atoms with Gasteiger partial charge in [-0.15, -0.1) is 0 Å².